The zero-order valence-electron chi connectivity index (χ0n) is 25.9. The minimum Gasteiger partial charge on any atom is -0.493 e. The average Bonchev–Trinajstić information content (AvgIpc) is 3.46. The van der Waals surface area contributed by atoms with Gasteiger partial charge in [-0.15, -0.1) is 23.1 Å². The van der Waals surface area contributed by atoms with Crippen molar-refractivity contribution in [2.45, 2.75) is 11.8 Å². The summed E-state index contributed by atoms with van der Waals surface area (Å²) in [4.78, 5) is 45.9. The summed E-state index contributed by atoms with van der Waals surface area (Å²) in [5.41, 5.74) is 3.25. The third-order valence-corrected chi connectivity index (χ3v) is 8.69. The number of carbonyl (C=O) groups is 3. The Hall–Kier alpha value is -5.39. The van der Waals surface area contributed by atoms with Gasteiger partial charge in [0, 0.05) is 32.2 Å². The zero-order valence-corrected chi connectivity index (χ0v) is 27.5. The van der Waals surface area contributed by atoms with Gasteiger partial charge in [-0.3, -0.25) is 14.4 Å². The molecule has 1 aromatic heterocycles. The van der Waals surface area contributed by atoms with Crippen LogP contribution in [0.4, 0.5) is 10.8 Å². The lowest BCUT2D eigenvalue weighted by Gasteiger charge is -2.14. The smallest absolute Gasteiger partial charge is 0.272 e. The van der Waals surface area contributed by atoms with E-state index in [1.165, 1.54) is 43.4 Å². The Morgan fingerprint density at radius 2 is 1.57 bits per heavy atom. The topological polar surface area (TPSA) is 119 Å². The molecule has 0 aliphatic heterocycles. The van der Waals surface area contributed by atoms with E-state index < -0.39 is 11.8 Å². The summed E-state index contributed by atoms with van der Waals surface area (Å²) in [7, 11) is 3.02. The molecular formula is C36H32N4O5S2. The number of rotatable bonds is 12. The first-order valence-corrected chi connectivity index (χ1v) is 16.3. The number of nitrogens with zero attached hydrogens (tertiary/aromatic N) is 1. The molecule has 0 saturated carbocycles. The number of hydrogen-bond donors (Lipinski definition) is 3. The molecule has 47 heavy (non-hydrogen) atoms. The molecule has 0 aliphatic carbocycles. The Morgan fingerprint density at radius 1 is 0.851 bits per heavy atom. The Balaban J connectivity index is 1.28. The van der Waals surface area contributed by atoms with Crippen molar-refractivity contribution in [3.8, 4) is 22.8 Å². The molecule has 0 spiro atoms. The first-order valence-electron chi connectivity index (χ1n) is 14.5. The lowest BCUT2D eigenvalue weighted by molar-refractivity contribution is -0.114. The molecule has 0 aliphatic rings. The van der Waals surface area contributed by atoms with Gasteiger partial charge in [0.2, 0.25) is 5.91 Å². The highest BCUT2D eigenvalue weighted by atomic mass is 32.2. The van der Waals surface area contributed by atoms with Gasteiger partial charge < -0.3 is 25.4 Å². The number of aromatic nitrogens is 1. The van der Waals surface area contributed by atoms with Gasteiger partial charge in [0.15, 0.2) is 16.6 Å². The molecule has 0 bridgehead atoms. The predicted molar refractivity (Wildman–Crippen MR) is 188 cm³/mol. The summed E-state index contributed by atoms with van der Waals surface area (Å²) in [6.45, 7) is 1.98. The number of carbonyl (C=O) groups excluding carboxylic acids is 3. The predicted octanol–water partition coefficient (Wildman–Crippen LogP) is 7.28. The van der Waals surface area contributed by atoms with Crippen molar-refractivity contribution in [1.29, 1.82) is 0 Å². The fourth-order valence-corrected chi connectivity index (χ4v) is 6.21. The maximum absolute atomic E-state index is 13.6. The lowest BCUT2D eigenvalue weighted by atomic mass is 10.1. The number of hydrogen-bond acceptors (Lipinski definition) is 8. The molecule has 5 aromatic rings. The van der Waals surface area contributed by atoms with Crippen LogP contribution in [-0.2, 0) is 9.59 Å². The Bertz CT molecular complexity index is 1910. The van der Waals surface area contributed by atoms with E-state index in [9.17, 15) is 14.4 Å². The normalized spacial score (nSPS) is 11.0. The molecule has 11 heteroatoms. The van der Waals surface area contributed by atoms with E-state index in [2.05, 4.69) is 20.9 Å². The van der Waals surface area contributed by atoms with Crippen molar-refractivity contribution >= 4 is 57.7 Å². The molecule has 0 radical (unpaired) electrons. The molecule has 4 aromatic carbocycles. The van der Waals surface area contributed by atoms with Crippen LogP contribution in [0, 0.1) is 6.92 Å². The van der Waals surface area contributed by atoms with Gasteiger partial charge >= 0.3 is 0 Å². The first-order chi connectivity index (χ1) is 22.8. The van der Waals surface area contributed by atoms with Crippen LogP contribution in [0.1, 0.15) is 20.8 Å². The van der Waals surface area contributed by atoms with Crippen LogP contribution >= 0.6 is 23.1 Å². The summed E-state index contributed by atoms with van der Waals surface area (Å²) >= 11 is 2.75. The molecule has 0 atom stereocenters. The van der Waals surface area contributed by atoms with Gasteiger partial charge in [0.1, 0.15) is 5.70 Å². The molecular weight excluding hydrogens is 633 g/mol. The highest BCUT2D eigenvalue weighted by Gasteiger charge is 2.18. The number of para-hydroxylation sites is 1. The molecule has 3 amide bonds. The summed E-state index contributed by atoms with van der Waals surface area (Å²) in [5, 5.41) is 9.02. The van der Waals surface area contributed by atoms with Gasteiger partial charge in [-0.05, 0) is 49.4 Å². The van der Waals surface area contributed by atoms with Crippen molar-refractivity contribution in [2.24, 2.45) is 0 Å². The van der Waals surface area contributed by atoms with Gasteiger partial charge in [0.25, 0.3) is 11.8 Å². The SMILES string of the molecule is COc1cccc(/C=C(/NC(=O)c2ccccc2)C(=O)Nc2cccc(SCC(=O)Nc3nc(-c4ccccc4)c(C)s3)c2)c1OC. The van der Waals surface area contributed by atoms with Crippen molar-refractivity contribution in [1.82, 2.24) is 10.3 Å². The number of nitrogens with one attached hydrogen (secondary N) is 3. The fraction of sp³-hybridized carbons (Fsp3) is 0.111. The summed E-state index contributed by atoms with van der Waals surface area (Å²) in [6, 6.07) is 30.8. The van der Waals surface area contributed by atoms with Crippen LogP contribution in [0.15, 0.2) is 114 Å². The van der Waals surface area contributed by atoms with E-state index in [4.69, 9.17) is 9.47 Å². The molecule has 5 rings (SSSR count). The summed E-state index contributed by atoms with van der Waals surface area (Å²) in [6.07, 6.45) is 1.53. The van der Waals surface area contributed by atoms with Crippen LogP contribution in [0.3, 0.4) is 0 Å². The first kappa shape index (κ1) is 33.0. The van der Waals surface area contributed by atoms with Gasteiger partial charge in [-0.25, -0.2) is 4.98 Å². The lowest BCUT2D eigenvalue weighted by Crippen LogP contribution is -2.30. The van der Waals surface area contributed by atoms with Crippen molar-refractivity contribution in [3.05, 3.63) is 125 Å². The standard InChI is InChI=1S/C36H32N4O5S2/c1-23-32(24-12-6-4-7-13-24)40-36(47-23)39-31(41)22-46-28-18-11-17-27(21-28)37-35(43)29(38-34(42)25-14-8-5-9-15-25)20-26-16-10-19-30(44-2)33(26)45-3/h4-21H,22H2,1-3H3,(H,37,43)(H,38,42)(H,39,40,41)/b29-20+. The van der Waals surface area contributed by atoms with Crippen LogP contribution in [0.2, 0.25) is 0 Å². The Labute approximate surface area is 281 Å². The monoisotopic (exact) mass is 664 g/mol. The number of ether oxygens (including phenoxy) is 2. The highest BCUT2D eigenvalue weighted by Crippen LogP contribution is 2.33. The second-order valence-corrected chi connectivity index (χ2v) is 12.3. The highest BCUT2D eigenvalue weighted by molar-refractivity contribution is 8.00. The Kier molecular flexibility index (Phi) is 11.1. The van der Waals surface area contributed by atoms with Crippen molar-refractivity contribution < 1.29 is 23.9 Å². The van der Waals surface area contributed by atoms with Crippen LogP contribution in [0.5, 0.6) is 11.5 Å². The number of amides is 3. The van der Waals surface area contributed by atoms with Gasteiger partial charge in [0.05, 0.1) is 25.7 Å². The van der Waals surface area contributed by atoms with E-state index in [0.717, 1.165) is 21.0 Å². The number of benzene rings is 4. The van der Waals surface area contributed by atoms with Crippen molar-refractivity contribution in [2.75, 3.05) is 30.6 Å². The van der Waals surface area contributed by atoms with E-state index in [-0.39, 0.29) is 17.4 Å². The number of anilines is 2. The largest absolute Gasteiger partial charge is 0.493 e. The zero-order chi connectivity index (χ0) is 33.2. The van der Waals surface area contributed by atoms with Crippen LogP contribution in [-0.4, -0.2) is 42.7 Å². The minimum absolute atomic E-state index is 0.00328. The summed E-state index contributed by atoms with van der Waals surface area (Å²) in [5.74, 6) is -0.160. The van der Waals surface area contributed by atoms with E-state index in [1.54, 1.807) is 66.7 Å². The van der Waals surface area contributed by atoms with Gasteiger partial charge in [-0.1, -0.05) is 66.7 Å². The average molecular weight is 665 g/mol. The van der Waals surface area contributed by atoms with Gasteiger partial charge in [-0.2, -0.15) is 0 Å². The van der Waals surface area contributed by atoms with E-state index >= 15 is 0 Å². The molecule has 0 unspecified atom stereocenters. The second kappa shape index (κ2) is 15.7. The second-order valence-electron chi connectivity index (χ2n) is 10.1. The van der Waals surface area contributed by atoms with Crippen LogP contribution in [0.25, 0.3) is 17.3 Å². The molecule has 9 nitrogen and oxygen atoms in total. The fourth-order valence-electron chi connectivity index (χ4n) is 4.60. The third-order valence-electron chi connectivity index (χ3n) is 6.81. The van der Waals surface area contributed by atoms with Crippen molar-refractivity contribution in [3.63, 3.8) is 0 Å². The van der Waals surface area contributed by atoms with E-state index in [0.29, 0.717) is 33.4 Å². The molecule has 3 N–H and O–H groups in total. The number of aryl methyl sites for hydroxylation is 1. The van der Waals surface area contributed by atoms with E-state index in [1.807, 2.05) is 43.3 Å². The molecule has 238 valence electrons. The Morgan fingerprint density at radius 3 is 2.30 bits per heavy atom. The molecule has 1 heterocycles. The number of methoxy groups -OCH3 is 2. The maximum atomic E-state index is 13.6. The third kappa shape index (κ3) is 8.66. The number of thiazole rings is 1. The molecule has 0 fully saturated rings. The summed E-state index contributed by atoms with van der Waals surface area (Å²) < 4.78 is 10.9. The van der Waals surface area contributed by atoms with Crippen LogP contribution < -0.4 is 25.4 Å². The quantitative estimate of drug-likeness (QED) is 0.0948. The maximum Gasteiger partial charge on any atom is 0.272 e. The number of thioether (sulfide) groups is 1. The minimum atomic E-state index is -0.549. The molecule has 0 saturated heterocycles.